The van der Waals surface area contributed by atoms with Crippen molar-refractivity contribution in [2.75, 3.05) is 0 Å². The zero-order valence-corrected chi connectivity index (χ0v) is 11.4. The Labute approximate surface area is 120 Å². The summed E-state index contributed by atoms with van der Waals surface area (Å²) < 4.78 is 42.6. The lowest BCUT2D eigenvalue weighted by Gasteiger charge is -2.09. The zero-order valence-electron chi connectivity index (χ0n) is 11.4. The smallest absolute Gasteiger partial charge is 0.417 e. The number of aromatic nitrogens is 1. The van der Waals surface area contributed by atoms with Crippen LogP contribution in [0.2, 0.25) is 0 Å². The van der Waals surface area contributed by atoms with Crippen molar-refractivity contribution in [3.8, 4) is 11.6 Å². The molecule has 0 spiro atoms. The van der Waals surface area contributed by atoms with E-state index in [4.69, 9.17) is 10.5 Å². The molecule has 1 aromatic heterocycles. The Kier molecular flexibility index (Phi) is 4.47. The first-order valence-electron chi connectivity index (χ1n) is 6.40. The molecule has 2 aromatic rings. The molecule has 1 heterocycles. The number of nitrogens with two attached hydrogens (primary N) is 1. The van der Waals surface area contributed by atoms with Gasteiger partial charge in [-0.05, 0) is 37.1 Å². The van der Waals surface area contributed by atoms with Crippen LogP contribution in [0.3, 0.4) is 0 Å². The molecule has 0 saturated carbocycles. The van der Waals surface area contributed by atoms with Gasteiger partial charge in [-0.15, -0.1) is 0 Å². The normalized spacial score (nSPS) is 13.0. The molecule has 112 valence electrons. The second-order valence-electron chi connectivity index (χ2n) is 4.81. The van der Waals surface area contributed by atoms with Crippen LogP contribution in [-0.4, -0.2) is 11.0 Å². The van der Waals surface area contributed by atoms with E-state index in [9.17, 15) is 13.2 Å². The van der Waals surface area contributed by atoms with Crippen LogP contribution in [-0.2, 0) is 12.6 Å². The first-order chi connectivity index (χ1) is 9.84. The maximum absolute atomic E-state index is 12.4. The lowest BCUT2D eigenvalue weighted by atomic mass is 10.1. The van der Waals surface area contributed by atoms with E-state index in [-0.39, 0.29) is 11.9 Å². The Balaban J connectivity index is 2.04. The third-order valence-corrected chi connectivity index (χ3v) is 2.77. The van der Waals surface area contributed by atoms with Crippen molar-refractivity contribution < 1.29 is 17.9 Å². The number of alkyl halides is 3. The molecule has 21 heavy (non-hydrogen) atoms. The Bertz CT molecular complexity index is 577. The van der Waals surface area contributed by atoms with E-state index in [2.05, 4.69) is 4.98 Å². The Morgan fingerprint density at radius 2 is 1.81 bits per heavy atom. The second-order valence-corrected chi connectivity index (χ2v) is 4.81. The molecule has 1 atom stereocenters. The van der Waals surface area contributed by atoms with Gasteiger partial charge in [-0.25, -0.2) is 4.98 Å². The number of hydrogen-bond acceptors (Lipinski definition) is 3. The van der Waals surface area contributed by atoms with E-state index in [1.165, 1.54) is 6.07 Å². The van der Waals surface area contributed by atoms with Gasteiger partial charge in [0.15, 0.2) is 0 Å². The van der Waals surface area contributed by atoms with E-state index in [1.54, 1.807) is 12.1 Å². The largest absolute Gasteiger partial charge is 0.439 e. The third-order valence-electron chi connectivity index (χ3n) is 2.77. The SMILES string of the molecule is CC(N)Cc1ccc(Oc2ccc(C(F)(F)F)cn2)cc1. The van der Waals surface area contributed by atoms with Crippen LogP contribution in [0.25, 0.3) is 0 Å². The molecule has 2 N–H and O–H groups in total. The third kappa shape index (κ3) is 4.46. The lowest BCUT2D eigenvalue weighted by Crippen LogP contribution is -2.17. The highest BCUT2D eigenvalue weighted by Gasteiger charge is 2.30. The summed E-state index contributed by atoms with van der Waals surface area (Å²) in [5.41, 5.74) is 5.97. The number of benzene rings is 1. The minimum absolute atomic E-state index is 0.0633. The molecule has 0 fully saturated rings. The minimum Gasteiger partial charge on any atom is -0.439 e. The van der Waals surface area contributed by atoms with Gasteiger partial charge in [0.25, 0.3) is 0 Å². The molecule has 0 bridgehead atoms. The van der Waals surface area contributed by atoms with Crippen LogP contribution < -0.4 is 10.5 Å². The number of nitrogens with zero attached hydrogens (tertiary/aromatic N) is 1. The van der Waals surface area contributed by atoms with Gasteiger partial charge in [0, 0.05) is 18.3 Å². The average molecular weight is 296 g/mol. The number of ether oxygens (including phenoxy) is 1. The average Bonchev–Trinajstić information content (AvgIpc) is 2.40. The van der Waals surface area contributed by atoms with E-state index in [1.807, 2.05) is 19.1 Å². The first kappa shape index (κ1) is 15.3. The van der Waals surface area contributed by atoms with Gasteiger partial charge in [0.1, 0.15) is 5.75 Å². The molecule has 0 aliphatic rings. The molecule has 6 heteroatoms. The fourth-order valence-electron chi connectivity index (χ4n) is 1.79. The summed E-state index contributed by atoms with van der Waals surface area (Å²) in [6.07, 6.45) is -2.90. The number of halogens is 3. The molecule has 1 unspecified atom stereocenters. The highest BCUT2D eigenvalue weighted by Crippen LogP contribution is 2.30. The van der Waals surface area contributed by atoms with Crippen molar-refractivity contribution in [2.45, 2.75) is 25.6 Å². The van der Waals surface area contributed by atoms with Crippen LogP contribution in [0.15, 0.2) is 42.6 Å². The summed E-state index contributed by atoms with van der Waals surface area (Å²) in [5, 5.41) is 0. The van der Waals surface area contributed by atoms with Gasteiger partial charge in [-0.2, -0.15) is 13.2 Å². The van der Waals surface area contributed by atoms with E-state index in [0.29, 0.717) is 5.75 Å². The van der Waals surface area contributed by atoms with Crippen molar-refractivity contribution in [1.82, 2.24) is 4.98 Å². The topological polar surface area (TPSA) is 48.1 Å². The van der Waals surface area contributed by atoms with Gasteiger partial charge in [0.2, 0.25) is 5.88 Å². The maximum atomic E-state index is 12.4. The van der Waals surface area contributed by atoms with Crippen LogP contribution in [0.5, 0.6) is 11.6 Å². The van der Waals surface area contributed by atoms with Gasteiger partial charge in [0.05, 0.1) is 5.56 Å². The molecule has 0 saturated heterocycles. The Morgan fingerprint density at radius 3 is 2.29 bits per heavy atom. The van der Waals surface area contributed by atoms with Crippen molar-refractivity contribution in [1.29, 1.82) is 0 Å². The van der Waals surface area contributed by atoms with E-state index in [0.717, 1.165) is 24.2 Å². The van der Waals surface area contributed by atoms with Crippen LogP contribution in [0, 0.1) is 0 Å². The summed E-state index contributed by atoms with van der Waals surface area (Å²) in [7, 11) is 0. The number of hydrogen-bond donors (Lipinski definition) is 1. The van der Waals surface area contributed by atoms with Gasteiger partial charge >= 0.3 is 6.18 Å². The fourth-order valence-corrected chi connectivity index (χ4v) is 1.79. The van der Waals surface area contributed by atoms with Crippen molar-refractivity contribution in [3.05, 3.63) is 53.7 Å². The molecule has 1 aromatic carbocycles. The van der Waals surface area contributed by atoms with Gasteiger partial charge in [-0.1, -0.05) is 12.1 Å². The first-order valence-corrected chi connectivity index (χ1v) is 6.40. The van der Waals surface area contributed by atoms with Crippen molar-refractivity contribution in [3.63, 3.8) is 0 Å². The minimum atomic E-state index is -4.40. The zero-order chi connectivity index (χ0) is 15.5. The highest BCUT2D eigenvalue weighted by atomic mass is 19.4. The monoisotopic (exact) mass is 296 g/mol. The van der Waals surface area contributed by atoms with Gasteiger partial charge < -0.3 is 10.5 Å². The molecule has 0 aliphatic heterocycles. The van der Waals surface area contributed by atoms with Gasteiger partial charge in [-0.3, -0.25) is 0 Å². The van der Waals surface area contributed by atoms with Crippen molar-refractivity contribution >= 4 is 0 Å². The molecule has 3 nitrogen and oxygen atoms in total. The predicted octanol–water partition coefficient (Wildman–Crippen LogP) is 3.78. The van der Waals surface area contributed by atoms with Crippen molar-refractivity contribution in [2.24, 2.45) is 5.73 Å². The molecule has 0 amide bonds. The molecular weight excluding hydrogens is 281 g/mol. The molecule has 0 radical (unpaired) electrons. The summed E-state index contributed by atoms with van der Waals surface area (Å²) in [6, 6.07) is 9.39. The molecule has 2 rings (SSSR count). The second kappa shape index (κ2) is 6.13. The summed E-state index contributed by atoms with van der Waals surface area (Å²) >= 11 is 0. The van der Waals surface area contributed by atoms with E-state index >= 15 is 0 Å². The summed E-state index contributed by atoms with van der Waals surface area (Å²) in [4.78, 5) is 3.65. The quantitative estimate of drug-likeness (QED) is 0.934. The summed E-state index contributed by atoms with van der Waals surface area (Å²) in [6.45, 7) is 1.91. The number of rotatable bonds is 4. The summed E-state index contributed by atoms with van der Waals surface area (Å²) in [5.74, 6) is 0.624. The Hall–Kier alpha value is -2.08. The van der Waals surface area contributed by atoms with E-state index < -0.39 is 11.7 Å². The predicted molar refractivity (Wildman–Crippen MR) is 73.1 cm³/mol. The fraction of sp³-hybridized carbons (Fsp3) is 0.267. The molecule has 0 aliphatic carbocycles. The van der Waals surface area contributed by atoms with Crippen LogP contribution >= 0.6 is 0 Å². The number of pyridine rings is 1. The lowest BCUT2D eigenvalue weighted by molar-refractivity contribution is -0.137. The van der Waals surface area contributed by atoms with Crippen LogP contribution in [0.1, 0.15) is 18.1 Å². The standard InChI is InChI=1S/C15H15F3N2O/c1-10(19)8-11-2-5-13(6-3-11)21-14-7-4-12(9-20-14)15(16,17)18/h2-7,9-10H,8,19H2,1H3. The maximum Gasteiger partial charge on any atom is 0.417 e. The van der Waals surface area contributed by atoms with Crippen LogP contribution in [0.4, 0.5) is 13.2 Å². The highest BCUT2D eigenvalue weighted by molar-refractivity contribution is 5.31. The Morgan fingerprint density at radius 1 is 1.14 bits per heavy atom. The molecular formula is C15H15F3N2O.